The van der Waals surface area contributed by atoms with Crippen molar-refractivity contribution >= 4 is 6.21 Å². The average Bonchev–Trinajstić information content (AvgIpc) is 2.07. The van der Waals surface area contributed by atoms with Gasteiger partial charge in [-0.2, -0.15) is 0 Å². The molecule has 0 aromatic carbocycles. The van der Waals surface area contributed by atoms with Crippen molar-refractivity contribution in [1.29, 1.82) is 5.41 Å². The maximum absolute atomic E-state index is 6.85. The number of nitrogens with one attached hydrogen (secondary N) is 2. The Labute approximate surface area is 67.2 Å². The molecular weight excluding hydrogens is 138 g/mol. The van der Waals surface area contributed by atoms with Gasteiger partial charge in [0.15, 0.2) is 0 Å². The van der Waals surface area contributed by atoms with Gasteiger partial charge in [-0.15, -0.1) is 0 Å². The van der Waals surface area contributed by atoms with Crippen molar-refractivity contribution in [3.63, 3.8) is 0 Å². The van der Waals surface area contributed by atoms with Gasteiger partial charge in [0.2, 0.25) is 0 Å². The Morgan fingerprint density at radius 1 is 1.45 bits per heavy atom. The molecule has 0 aromatic rings. The fraction of sp³-hybridized carbons (Fsp3) is 0.625. The highest BCUT2D eigenvalue weighted by atomic mass is 14.9. The van der Waals surface area contributed by atoms with E-state index in [0.29, 0.717) is 5.92 Å². The lowest BCUT2D eigenvalue weighted by atomic mass is 9.95. The maximum Gasteiger partial charge on any atom is 0.0194 e. The summed E-state index contributed by atoms with van der Waals surface area (Å²) in [6.45, 7) is 2.11. The van der Waals surface area contributed by atoms with Gasteiger partial charge in [-0.05, 0) is 32.0 Å². The van der Waals surface area contributed by atoms with Crippen molar-refractivity contribution in [2.75, 3.05) is 13.1 Å². The molecule has 0 unspecified atom stereocenters. The first kappa shape index (κ1) is 8.27. The number of hydrogen-bond donors (Lipinski definition) is 3. The summed E-state index contributed by atoms with van der Waals surface area (Å²) in [5.74, 6) is 0.498. The van der Waals surface area contributed by atoms with E-state index in [1.807, 2.05) is 0 Å². The Hall–Kier alpha value is -0.830. The molecule has 4 N–H and O–H groups in total. The van der Waals surface area contributed by atoms with Gasteiger partial charge in [0.1, 0.15) is 0 Å². The van der Waals surface area contributed by atoms with Crippen molar-refractivity contribution in [2.45, 2.75) is 12.8 Å². The Bertz CT molecular complexity index is 157. The second-order valence-corrected chi connectivity index (χ2v) is 2.86. The molecule has 11 heavy (non-hydrogen) atoms. The quantitative estimate of drug-likeness (QED) is 0.505. The molecule has 0 aromatic heterocycles. The molecule has 1 saturated heterocycles. The number of rotatable bonds is 2. The Morgan fingerprint density at radius 2 is 2.09 bits per heavy atom. The summed E-state index contributed by atoms with van der Waals surface area (Å²) < 4.78 is 0. The standard InChI is InChI=1S/C8H15N3/c9-4-1-8(10)7-2-5-11-6-3-7/h1,4,7,9,11H,2-3,5-6,10H2/b8-1-,9-4?. The van der Waals surface area contributed by atoms with Gasteiger partial charge >= 0.3 is 0 Å². The smallest absolute Gasteiger partial charge is 0.0194 e. The van der Waals surface area contributed by atoms with E-state index in [1.165, 1.54) is 6.21 Å². The largest absolute Gasteiger partial charge is 0.402 e. The van der Waals surface area contributed by atoms with Crippen LogP contribution >= 0.6 is 0 Å². The van der Waals surface area contributed by atoms with Crippen LogP contribution in [0.2, 0.25) is 0 Å². The Morgan fingerprint density at radius 3 is 2.64 bits per heavy atom. The first-order valence-electron chi connectivity index (χ1n) is 4.01. The van der Waals surface area contributed by atoms with Gasteiger partial charge in [0.05, 0.1) is 0 Å². The maximum atomic E-state index is 6.85. The van der Waals surface area contributed by atoms with Crippen LogP contribution in [0.4, 0.5) is 0 Å². The first-order valence-corrected chi connectivity index (χ1v) is 4.01. The highest BCUT2D eigenvalue weighted by molar-refractivity contribution is 5.68. The van der Waals surface area contributed by atoms with Crippen LogP contribution in [-0.4, -0.2) is 19.3 Å². The third-order valence-electron chi connectivity index (χ3n) is 2.09. The van der Waals surface area contributed by atoms with Crippen LogP contribution in [0.15, 0.2) is 11.8 Å². The summed E-state index contributed by atoms with van der Waals surface area (Å²) in [5, 5.41) is 10.1. The lowest BCUT2D eigenvalue weighted by Gasteiger charge is -2.22. The van der Waals surface area contributed by atoms with E-state index >= 15 is 0 Å². The van der Waals surface area contributed by atoms with E-state index in [0.717, 1.165) is 31.6 Å². The molecule has 3 nitrogen and oxygen atoms in total. The minimum atomic E-state index is 0.498. The number of hydrogen-bond acceptors (Lipinski definition) is 3. The molecule has 0 spiro atoms. The second kappa shape index (κ2) is 4.13. The molecule has 0 atom stereocenters. The fourth-order valence-corrected chi connectivity index (χ4v) is 1.39. The van der Waals surface area contributed by atoms with Gasteiger partial charge in [-0.1, -0.05) is 0 Å². The molecule has 0 radical (unpaired) electrons. The SMILES string of the molecule is N=C/C=C(\N)C1CCNCC1. The summed E-state index contributed by atoms with van der Waals surface area (Å²) in [6, 6.07) is 0. The van der Waals surface area contributed by atoms with Crippen molar-refractivity contribution in [1.82, 2.24) is 5.32 Å². The van der Waals surface area contributed by atoms with E-state index in [9.17, 15) is 0 Å². The highest BCUT2D eigenvalue weighted by Crippen LogP contribution is 2.16. The minimum absolute atomic E-state index is 0.498. The zero-order valence-electron chi connectivity index (χ0n) is 6.64. The van der Waals surface area contributed by atoms with Crippen molar-refractivity contribution in [2.24, 2.45) is 11.7 Å². The summed E-state index contributed by atoms with van der Waals surface area (Å²) in [7, 11) is 0. The van der Waals surface area contributed by atoms with E-state index in [-0.39, 0.29) is 0 Å². The van der Waals surface area contributed by atoms with Gasteiger partial charge in [0, 0.05) is 17.8 Å². The lowest BCUT2D eigenvalue weighted by molar-refractivity contribution is 0.417. The summed E-state index contributed by atoms with van der Waals surface area (Å²) in [4.78, 5) is 0. The number of nitrogens with two attached hydrogens (primary N) is 1. The zero-order chi connectivity index (χ0) is 8.10. The molecule has 0 bridgehead atoms. The van der Waals surface area contributed by atoms with E-state index in [2.05, 4.69) is 5.32 Å². The predicted octanol–water partition coefficient (Wildman–Crippen LogP) is 0.478. The predicted molar refractivity (Wildman–Crippen MR) is 46.6 cm³/mol. The Kier molecular flexibility index (Phi) is 3.11. The molecular formula is C8H15N3. The van der Waals surface area contributed by atoms with Crippen LogP contribution in [0.5, 0.6) is 0 Å². The van der Waals surface area contributed by atoms with Crippen LogP contribution < -0.4 is 11.1 Å². The van der Waals surface area contributed by atoms with E-state index in [4.69, 9.17) is 11.1 Å². The molecule has 1 fully saturated rings. The first-order chi connectivity index (χ1) is 5.34. The Balaban J connectivity index is 2.44. The van der Waals surface area contributed by atoms with E-state index in [1.54, 1.807) is 6.08 Å². The summed E-state index contributed by atoms with van der Waals surface area (Å²) in [6.07, 6.45) is 5.17. The molecule has 0 aliphatic carbocycles. The van der Waals surface area contributed by atoms with Crippen LogP contribution in [0.25, 0.3) is 0 Å². The third-order valence-corrected chi connectivity index (χ3v) is 2.09. The average molecular weight is 153 g/mol. The molecule has 62 valence electrons. The van der Waals surface area contributed by atoms with Gasteiger partial charge in [-0.25, -0.2) is 0 Å². The monoisotopic (exact) mass is 153 g/mol. The highest BCUT2D eigenvalue weighted by Gasteiger charge is 2.14. The second-order valence-electron chi connectivity index (χ2n) is 2.86. The summed E-state index contributed by atoms with van der Waals surface area (Å²) >= 11 is 0. The normalized spacial score (nSPS) is 21.6. The number of allylic oxidation sites excluding steroid dienone is 2. The van der Waals surface area contributed by atoms with Crippen LogP contribution in [0.1, 0.15) is 12.8 Å². The van der Waals surface area contributed by atoms with Crippen LogP contribution in [-0.2, 0) is 0 Å². The van der Waals surface area contributed by atoms with Crippen LogP contribution in [0, 0.1) is 11.3 Å². The van der Waals surface area contributed by atoms with Crippen LogP contribution in [0.3, 0.4) is 0 Å². The third kappa shape index (κ3) is 2.35. The molecule has 1 rings (SSSR count). The van der Waals surface area contributed by atoms with Crippen molar-refractivity contribution in [3.05, 3.63) is 11.8 Å². The van der Waals surface area contributed by atoms with E-state index < -0.39 is 0 Å². The summed E-state index contributed by atoms with van der Waals surface area (Å²) in [5.41, 5.74) is 6.60. The zero-order valence-corrected chi connectivity index (χ0v) is 6.64. The topological polar surface area (TPSA) is 61.9 Å². The molecule has 1 heterocycles. The molecule has 3 heteroatoms. The van der Waals surface area contributed by atoms with Crippen molar-refractivity contribution < 1.29 is 0 Å². The molecule has 0 saturated carbocycles. The van der Waals surface area contributed by atoms with Gasteiger partial charge in [-0.3, -0.25) is 0 Å². The fourth-order valence-electron chi connectivity index (χ4n) is 1.39. The van der Waals surface area contributed by atoms with Gasteiger partial charge in [0.25, 0.3) is 0 Å². The minimum Gasteiger partial charge on any atom is -0.402 e. The molecule has 0 amide bonds. The lowest BCUT2D eigenvalue weighted by Crippen LogP contribution is -2.30. The van der Waals surface area contributed by atoms with Crippen molar-refractivity contribution in [3.8, 4) is 0 Å². The van der Waals surface area contributed by atoms with Gasteiger partial charge < -0.3 is 16.5 Å². The molecule has 1 aliphatic rings. The number of piperidine rings is 1. The molecule has 1 aliphatic heterocycles.